The number of carbonyl (C=O) groups is 1. The highest BCUT2D eigenvalue weighted by Gasteiger charge is 2.15. The molecule has 1 N–H and O–H groups in total. The summed E-state index contributed by atoms with van der Waals surface area (Å²) in [6.45, 7) is 1.68. The molecule has 1 aromatic heterocycles. The molecular formula is C12H11NO2. The molecule has 0 aliphatic heterocycles. The van der Waals surface area contributed by atoms with Gasteiger partial charge in [-0.2, -0.15) is 0 Å². The van der Waals surface area contributed by atoms with Crippen LogP contribution in [0.1, 0.15) is 18.4 Å². The molecule has 2 rings (SSSR count). The van der Waals surface area contributed by atoms with Crippen molar-refractivity contribution in [2.24, 2.45) is 0 Å². The van der Waals surface area contributed by atoms with Gasteiger partial charge in [-0.1, -0.05) is 18.2 Å². The second-order valence-corrected chi connectivity index (χ2v) is 3.48. The number of nitrogens with zero attached hydrogens (tertiary/aromatic N) is 1. The molecule has 76 valence electrons. The topological polar surface area (TPSA) is 50.2 Å². The quantitative estimate of drug-likeness (QED) is 0.811. The number of carboxylic acids is 1. The van der Waals surface area contributed by atoms with Gasteiger partial charge in [0.25, 0.3) is 0 Å². The number of rotatable bonds is 2. The zero-order chi connectivity index (χ0) is 10.8. The van der Waals surface area contributed by atoms with Crippen LogP contribution in [0, 0.1) is 0 Å². The lowest BCUT2D eigenvalue weighted by Crippen LogP contribution is -2.07. The number of benzene rings is 1. The zero-order valence-electron chi connectivity index (χ0n) is 8.34. The molecule has 0 amide bonds. The third-order valence-electron chi connectivity index (χ3n) is 2.52. The molecule has 1 heterocycles. The van der Waals surface area contributed by atoms with Gasteiger partial charge in [-0.05, 0) is 24.6 Å². The summed E-state index contributed by atoms with van der Waals surface area (Å²) < 4.78 is 0. The van der Waals surface area contributed by atoms with E-state index < -0.39 is 11.9 Å². The van der Waals surface area contributed by atoms with Gasteiger partial charge in [-0.3, -0.25) is 9.78 Å². The van der Waals surface area contributed by atoms with Gasteiger partial charge in [0.1, 0.15) is 0 Å². The summed E-state index contributed by atoms with van der Waals surface area (Å²) in [5, 5.41) is 9.89. The Morgan fingerprint density at radius 2 is 2.13 bits per heavy atom. The van der Waals surface area contributed by atoms with Gasteiger partial charge in [-0.15, -0.1) is 0 Å². The van der Waals surface area contributed by atoms with Gasteiger partial charge in [0.05, 0.1) is 11.4 Å². The first-order chi connectivity index (χ1) is 7.20. The molecule has 0 aliphatic carbocycles. The molecule has 0 bridgehead atoms. The van der Waals surface area contributed by atoms with Gasteiger partial charge >= 0.3 is 5.97 Å². The van der Waals surface area contributed by atoms with Crippen molar-refractivity contribution in [1.29, 1.82) is 0 Å². The summed E-state index contributed by atoms with van der Waals surface area (Å²) in [6.07, 6.45) is 1.71. The third-order valence-corrected chi connectivity index (χ3v) is 2.52. The van der Waals surface area contributed by atoms with Crippen molar-refractivity contribution in [3.63, 3.8) is 0 Å². The summed E-state index contributed by atoms with van der Waals surface area (Å²) >= 11 is 0. The first-order valence-electron chi connectivity index (χ1n) is 4.76. The average molecular weight is 201 g/mol. The minimum absolute atomic E-state index is 0.502. The maximum atomic E-state index is 10.9. The smallest absolute Gasteiger partial charge is 0.310 e. The van der Waals surface area contributed by atoms with Crippen LogP contribution in [-0.2, 0) is 4.79 Å². The van der Waals surface area contributed by atoms with E-state index in [1.807, 2.05) is 30.3 Å². The van der Waals surface area contributed by atoms with Crippen LogP contribution in [0.25, 0.3) is 10.9 Å². The fraction of sp³-hybridized carbons (Fsp3) is 0.167. The van der Waals surface area contributed by atoms with Crippen molar-refractivity contribution in [2.45, 2.75) is 12.8 Å². The molecular weight excluding hydrogens is 190 g/mol. The Hall–Kier alpha value is -1.90. The zero-order valence-corrected chi connectivity index (χ0v) is 8.34. The summed E-state index contributed by atoms with van der Waals surface area (Å²) in [6, 6.07) is 9.28. The third kappa shape index (κ3) is 1.68. The molecule has 3 heteroatoms. The van der Waals surface area contributed by atoms with E-state index in [9.17, 15) is 4.79 Å². The highest BCUT2D eigenvalue weighted by atomic mass is 16.4. The SMILES string of the molecule is CC(C(=O)O)c1cccc2ncccc12. The number of hydrogen-bond donors (Lipinski definition) is 1. The number of hydrogen-bond acceptors (Lipinski definition) is 2. The molecule has 1 aromatic carbocycles. The van der Waals surface area contributed by atoms with Gasteiger partial charge in [-0.25, -0.2) is 0 Å². The van der Waals surface area contributed by atoms with Crippen LogP contribution >= 0.6 is 0 Å². The Morgan fingerprint density at radius 3 is 2.87 bits per heavy atom. The molecule has 1 unspecified atom stereocenters. The van der Waals surface area contributed by atoms with Crippen LogP contribution in [0.3, 0.4) is 0 Å². The van der Waals surface area contributed by atoms with Gasteiger partial charge in [0.2, 0.25) is 0 Å². The molecule has 0 saturated carbocycles. The van der Waals surface area contributed by atoms with Crippen LogP contribution < -0.4 is 0 Å². The van der Waals surface area contributed by atoms with Crippen LogP contribution in [0.2, 0.25) is 0 Å². The first-order valence-corrected chi connectivity index (χ1v) is 4.76. The van der Waals surface area contributed by atoms with Crippen molar-refractivity contribution in [3.05, 3.63) is 42.1 Å². The fourth-order valence-corrected chi connectivity index (χ4v) is 1.64. The molecule has 0 spiro atoms. The largest absolute Gasteiger partial charge is 0.481 e. The minimum atomic E-state index is -0.814. The Morgan fingerprint density at radius 1 is 1.33 bits per heavy atom. The highest BCUT2D eigenvalue weighted by molar-refractivity contribution is 5.88. The Bertz CT molecular complexity index is 502. The molecule has 2 aromatic rings. The summed E-state index contributed by atoms with van der Waals surface area (Å²) in [5.74, 6) is -1.32. The van der Waals surface area contributed by atoms with Crippen molar-refractivity contribution in [2.75, 3.05) is 0 Å². The lowest BCUT2D eigenvalue weighted by molar-refractivity contribution is -0.138. The highest BCUT2D eigenvalue weighted by Crippen LogP contribution is 2.24. The second-order valence-electron chi connectivity index (χ2n) is 3.48. The monoisotopic (exact) mass is 201 g/mol. The van der Waals surface area contributed by atoms with Gasteiger partial charge in [0, 0.05) is 11.6 Å². The predicted molar refractivity (Wildman–Crippen MR) is 57.8 cm³/mol. The minimum Gasteiger partial charge on any atom is -0.481 e. The number of aromatic nitrogens is 1. The fourth-order valence-electron chi connectivity index (χ4n) is 1.64. The summed E-state index contributed by atoms with van der Waals surface area (Å²) in [5.41, 5.74) is 1.65. The molecule has 0 fully saturated rings. The van der Waals surface area contributed by atoms with Crippen molar-refractivity contribution < 1.29 is 9.90 Å². The van der Waals surface area contributed by atoms with Crippen LogP contribution in [0.15, 0.2) is 36.5 Å². The van der Waals surface area contributed by atoms with E-state index in [0.29, 0.717) is 0 Å². The van der Waals surface area contributed by atoms with Gasteiger partial charge < -0.3 is 5.11 Å². The van der Waals surface area contributed by atoms with E-state index in [1.54, 1.807) is 13.1 Å². The number of pyridine rings is 1. The Labute approximate surface area is 87.4 Å². The number of fused-ring (bicyclic) bond motifs is 1. The van der Waals surface area contributed by atoms with Crippen LogP contribution in [0.5, 0.6) is 0 Å². The summed E-state index contributed by atoms with van der Waals surface area (Å²) in [4.78, 5) is 15.1. The van der Waals surface area contributed by atoms with E-state index in [0.717, 1.165) is 16.5 Å². The lowest BCUT2D eigenvalue weighted by Gasteiger charge is -2.09. The summed E-state index contributed by atoms with van der Waals surface area (Å²) in [7, 11) is 0. The van der Waals surface area contributed by atoms with Crippen molar-refractivity contribution in [3.8, 4) is 0 Å². The number of aliphatic carboxylic acids is 1. The molecule has 0 aliphatic rings. The maximum absolute atomic E-state index is 10.9. The molecule has 0 radical (unpaired) electrons. The average Bonchev–Trinajstić information content (AvgIpc) is 2.27. The first kappa shape index (κ1) is 9.65. The van der Waals surface area contributed by atoms with E-state index in [-0.39, 0.29) is 0 Å². The molecule has 0 saturated heterocycles. The van der Waals surface area contributed by atoms with E-state index in [4.69, 9.17) is 5.11 Å². The van der Waals surface area contributed by atoms with E-state index in [2.05, 4.69) is 4.98 Å². The lowest BCUT2D eigenvalue weighted by atomic mass is 9.97. The van der Waals surface area contributed by atoms with Crippen LogP contribution in [-0.4, -0.2) is 16.1 Å². The van der Waals surface area contributed by atoms with E-state index in [1.165, 1.54) is 0 Å². The molecule has 15 heavy (non-hydrogen) atoms. The van der Waals surface area contributed by atoms with Crippen molar-refractivity contribution >= 4 is 16.9 Å². The Kier molecular flexibility index (Phi) is 2.37. The molecule has 3 nitrogen and oxygen atoms in total. The van der Waals surface area contributed by atoms with E-state index >= 15 is 0 Å². The Balaban J connectivity index is 2.65. The normalized spacial score (nSPS) is 12.6. The van der Waals surface area contributed by atoms with Crippen molar-refractivity contribution in [1.82, 2.24) is 4.98 Å². The predicted octanol–water partition coefficient (Wildman–Crippen LogP) is 2.42. The van der Waals surface area contributed by atoms with Crippen LogP contribution in [0.4, 0.5) is 0 Å². The molecule has 1 atom stereocenters. The second kappa shape index (κ2) is 3.69. The number of carboxylic acid groups (broad SMARTS) is 1. The van der Waals surface area contributed by atoms with Gasteiger partial charge in [0.15, 0.2) is 0 Å². The standard InChI is InChI=1S/C12H11NO2/c1-8(12(14)15)9-4-2-6-11-10(9)5-3-7-13-11/h2-8H,1H3,(H,14,15). The maximum Gasteiger partial charge on any atom is 0.310 e.